The molecule has 0 aromatic carbocycles. The number of nitrogens with zero attached hydrogens (tertiary/aromatic N) is 1. The molecule has 2 aromatic heterocycles. The van der Waals surface area contributed by atoms with E-state index in [1.54, 1.807) is 16.8 Å². The maximum Gasteiger partial charge on any atom is 0.169 e. The highest BCUT2D eigenvalue weighted by molar-refractivity contribution is 9.10. The number of nitrogens with two attached hydrogens (primary N) is 1. The van der Waals surface area contributed by atoms with Crippen LogP contribution in [0.25, 0.3) is 0 Å². The first kappa shape index (κ1) is 9.89. The molecule has 0 radical (unpaired) electrons. The molecule has 3 nitrogen and oxygen atoms in total. The number of hydrogen-bond donors (Lipinski definition) is 1. The minimum Gasteiger partial charge on any atom is -0.453 e. The van der Waals surface area contributed by atoms with Gasteiger partial charge in [0.1, 0.15) is 5.76 Å². The first-order valence-corrected chi connectivity index (χ1v) is 5.81. The molecule has 2 rings (SSSR count). The number of aromatic nitrogens is 1. The van der Waals surface area contributed by atoms with Crippen LogP contribution in [-0.2, 0) is 6.42 Å². The normalized spacial score (nSPS) is 13.0. The third-order valence-corrected chi connectivity index (χ3v) is 3.09. The Morgan fingerprint density at radius 2 is 2.43 bits per heavy atom. The number of rotatable bonds is 3. The van der Waals surface area contributed by atoms with Gasteiger partial charge in [0.25, 0.3) is 0 Å². The van der Waals surface area contributed by atoms with Crippen molar-refractivity contribution in [2.75, 3.05) is 0 Å². The van der Waals surface area contributed by atoms with E-state index in [-0.39, 0.29) is 6.04 Å². The van der Waals surface area contributed by atoms with Gasteiger partial charge in [-0.05, 0) is 28.1 Å². The standard InChI is InChI=1S/C9H9BrN2OS/c10-9-2-1-8(13-9)7(11)3-6-4-12-5-14-6/h1-2,4-5,7H,3,11H2. The second kappa shape index (κ2) is 4.25. The van der Waals surface area contributed by atoms with Crippen LogP contribution in [0.3, 0.4) is 0 Å². The second-order valence-electron chi connectivity index (χ2n) is 2.92. The largest absolute Gasteiger partial charge is 0.453 e. The summed E-state index contributed by atoms with van der Waals surface area (Å²) in [5.74, 6) is 0.797. The molecule has 0 saturated carbocycles. The van der Waals surface area contributed by atoms with Gasteiger partial charge in [-0.25, -0.2) is 0 Å². The van der Waals surface area contributed by atoms with Crippen molar-refractivity contribution in [3.8, 4) is 0 Å². The Hall–Kier alpha value is -0.650. The zero-order chi connectivity index (χ0) is 9.97. The highest BCUT2D eigenvalue weighted by Gasteiger charge is 2.11. The predicted octanol–water partition coefficient (Wildman–Crippen LogP) is 2.74. The molecule has 1 unspecified atom stereocenters. The summed E-state index contributed by atoms with van der Waals surface area (Å²) in [6, 6.07) is 3.64. The van der Waals surface area contributed by atoms with Gasteiger partial charge in [0, 0.05) is 17.5 Å². The second-order valence-corrected chi connectivity index (χ2v) is 4.67. The summed E-state index contributed by atoms with van der Waals surface area (Å²) >= 11 is 4.85. The van der Waals surface area contributed by atoms with Crippen LogP contribution in [0.15, 0.2) is 32.9 Å². The van der Waals surface area contributed by atoms with E-state index in [4.69, 9.17) is 10.2 Å². The number of hydrogen-bond acceptors (Lipinski definition) is 4. The van der Waals surface area contributed by atoms with Crippen LogP contribution in [0, 0.1) is 0 Å². The van der Waals surface area contributed by atoms with E-state index >= 15 is 0 Å². The monoisotopic (exact) mass is 272 g/mol. The van der Waals surface area contributed by atoms with Crippen molar-refractivity contribution in [1.29, 1.82) is 0 Å². The van der Waals surface area contributed by atoms with Gasteiger partial charge in [-0.3, -0.25) is 4.98 Å². The fourth-order valence-electron chi connectivity index (χ4n) is 1.19. The lowest BCUT2D eigenvalue weighted by Crippen LogP contribution is -2.11. The fraction of sp³-hybridized carbons (Fsp3) is 0.222. The summed E-state index contributed by atoms with van der Waals surface area (Å²) in [7, 11) is 0. The Bertz CT molecular complexity index is 399. The van der Waals surface area contributed by atoms with Gasteiger partial charge < -0.3 is 10.2 Å². The maximum atomic E-state index is 5.96. The van der Waals surface area contributed by atoms with Crippen molar-refractivity contribution in [2.45, 2.75) is 12.5 Å². The fourth-order valence-corrected chi connectivity index (χ4v) is 2.16. The number of halogens is 1. The number of thiazole rings is 1. The molecular weight excluding hydrogens is 264 g/mol. The molecule has 0 fully saturated rings. The lowest BCUT2D eigenvalue weighted by molar-refractivity contribution is 0.449. The highest BCUT2D eigenvalue weighted by atomic mass is 79.9. The van der Waals surface area contributed by atoms with Gasteiger partial charge in [0.05, 0.1) is 11.6 Å². The zero-order valence-electron chi connectivity index (χ0n) is 7.31. The average Bonchev–Trinajstić information content (AvgIpc) is 2.75. The summed E-state index contributed by atoms with van der Waals surface area (Å²) in [6.45, 7) is 0. The first-order valence-electron chi connectivity index (χ1n) is 4.14. The summed E-state index contributed by atoms with van der Waals surface area (Å²) in [6.07, 6.45) is 2.60. The van der Waals surface area contributed by atoms with E-state index in [2.05, 4.69) is 20.9 Å². The predicted molar refractivity (Wildman–Crippen MR) is 59.2 cm³/mol. The maximum absolute atomic E-state index is 5.96. The van der Waals surface area contributed by atoms with Crippen LogP contribution in [0.4, 0.5) is 0 Å². The van der Waals surface area contributed by atoms with Crippen molar-refractivity contribution in [1.82, 2.24) is 4.98 Å². The minimum absolute atomic E-state index is 0.0956. The smallest absolute Gasteiger partial charge is 0.169 e. The summed E-state index contributed by atoms with van der Waals surface area (Å²) in [4.78, 5) is 5.17. The first-order chi connectivity index (χ1) is 6.75. The molecule has 0 amide bonds. The minimum atomic E-state index is -0.0956. The van der Waals surface area contributed by atoms with Gasteiger partial charge in [0.15, 0.2) is 4.67 Å². The van der Waals surface area contributed by atoms with E-state index < -0.39 is 0 Å². The molecule has 0 aliphatic rings. The van der Waals surface area contributed by atoms with E-state index in [9.17, 15) is 0 Å². The molecule has 14 heavy (non-hydrogen) atoms. The van der Waals surface area contributed by atoms with E-state index in [1.165, 1.54) is 4.88 Å². The molecule has 2 aromatic rings. The Balaban J connectivity index is 2.06. The molecule has 0 aliphatic heterocycles. The van der Waals surface area contributed by atoms with Crippen molar-refractivity contribution in [3.63, 3.8) is 0 Å². The van der Waals surface area contributed by atoms with Crippen LogP contribution >= 0.6 is 27.3 Å². The molecule has 0 aliphatic carbocycles. The molecule has 0 saturated heterocycles. The molecule has 5 heteroatoms. The lowest BCUT2D eigenvalue weighted by atomic mass is 10.1. The van der Waals surface area contributed by atoms with Crippen molar-refractivity contribution >= 4 is 27.3 Å². The molecule has 0 bridgehead atoms. The topological polar surface area (TPSA) is 52.0 Å². The quantitative estimate of drug-likeness (QED) is 0.935. The van der Waals surface area contributed by atoms with Gasteiger partial charge >= 0.3 is 0 Å². The van der Waals surface area contributed by atoms with E-state index in [0.717, 1.165) is 12.2 Å². The van der Waals surface area contributed by atoms with E-state index in [0.29, 0.717) is 4.67 Å². The Morgan fingerprint density at radius 1 is 1.57 bits per heavy atom. The molecule has 2 N–H and O–H groups in total. The van der Waals surface area contributed by atoms with Crippen molar-refractivity contribution in [2.24, 2.45) is 5.73 Å². The summed E-state index contributed by atoms with van der Waals surface area (Å²) in [5.41, 5.74) is 7.77. The van der Waals surface area contributed by atoms with Gasteiger partial charge in [0.2, 0.25) is 0 Å². The van der Waals surface area contributed by atoms with Crippen molar-refractivity contribution < 1.29 is 4.42 Å². The molecule has 0 spiro atoms. The van der Waals surface area contributed by atoms with Gasteiger partial charge in [-0.1, -0.05) is 0 Å². The summed E-state index contributed by atoms with van der Waals surface area (Å²) < 4.78 is 6.08. The Kier molecular flexibility index (Phi) is 3.00. The lowest BCUT2D eigenvalue weighted by Gasteiger charge is -2.05. The average molecular weight is 273 g/mol. The Morgan fingerprint density at radius 3 is 3.00 bits per heavy atom. The van der Waals surface area contributed by atoms with Crippen LogP contribution in [0.1, 0.15) is 16.7 Å². The zero-order valence-corrected chi connectivity index (χ0v) is 9.72. The summed E-state index contributed by atoms with van der Waals surface area (Å²) in [5, 5.41) is 0. The Labute approximate surface area is 94.1 Å². The van der Waals surface area contributed by atoms with Crippen LogP contribution in [0.2, 0.25) is 0 Å². The SMILES string of the molecule is NC(Cc1cncs1)c1ccc(Br)o1. The highest BCUT2D eigenvalue weighted by Crippen LogP contribution is 2.22. The molecular formula is C9H9BrN2OS. The van der Waals surface area contributed by atoms with E-state index in [1.807, 2.05) is 18.3 Å². The van der Waals surface area contributed by atoms with Crippen LogP contribution in [0.5, 0.6) is 0 Å². The van der Waals surface area contributed by atoms with Crippen LogP contribution in [-0.4, -0.2) is 4.98 Å². The van der Waals surface area contributed by atoms with Crippen molar-refractivity contribution in [3.05, 3.63) is 39.1 Å². The van der Waals surface area contributed by atoms with Gasteiger partial charge in [-0.15, -0.1) is 11.3 Å². The third kappa shape index (κ3) is 2.23. The number of furan rings is 1. The molecule has 1 atom stereocenters. The molecule has 2 heterocycles. The third-order valence-electron chi connectivity index (χ3n) is 1.86. The molecule has 74 valence electrons. The van der Waals surface area contributed by atoms with Gasteiger partial charge in [-0.2, -0.15) is 0 Å². The van der Waals surface area contributed by atoms with Crippen LogP contribution < -0.4 is 5.73 Å².